The molecule has 7 heteroatoms. The standard InChI is InChI=1S/C16H29N3O3.ClH/c1-12(14-4-3-5-17-11-14)10-15(20)18-13(2)16(21)19-6-8-22-9-7-19;/h12-14,17H,3-11H2,1-2H3,(H,18,20);1H. The molecule has 2 heterocycles. The van der Waals surface area contributed by atoms with Crippen LogP contribution in [0.5, 0.6) is 0 Å². The molecule has 2 amide bonds. The van der Waals surface area contributed by atoms with Gasteiger partial charge < -0.3 is 20.3 Å². The first-order valence-electron chi connectivity index (χ1n) is 8.44. The monoisotopic (exact) mass is 347 g/mol. The molecule has 0 aromatic carbocycles. The summed E-state index contributed by atoms with van der Waals surface area (Å²) >= 11 is 0. The number of hydrogen-bond acceptors (Lipinski definition) is 4. The van der Waals surface area contributed by atoms with Crippen LogP contribution in [0.4, 0.5) is 0 Å². The van der Waals surface area contributed by atoms with Crippen molar-refractivity contribution in [2.24, 2.45) is 11.8 Å². The third-order valence-electron chi connectivity index (χ3n) is 4.72. The maximum absolute atomic E-state index is 12.3. The maximum atomic E-state index is 12.3. The predicted octanol–water partition coefficient (Wildman–Crippen LogP) is 0.798. The van der Waals surface area contributed by atoms with Crippen molar-refractivity contribution in [3.63, 3.8) is 0 Å². The molecular formula is C16H30ClN3O3. The molecule has 2 aliphatic heterocycles. The van der Waals surface area contributed by atoms with Gasteiger partial charge in [-0.15, -0.1) is 12.4 Å². The van der Waals surface area contributed by atoms with Gasteiger partial charge in [-0.25, -0.2) is 0 Å². The van der Waals surface area contributed by atoms with E-state index in [0.29, 0.717) is 44.6 Å². The van der Waals surface area contributed by atoms with Gasteiger partial charge in [-0.3, -0.25) is 9.59 Å². The molecular weight excluding hydrogens is 318 g/mol. The van der Waals surface area contributed by atoms with Crippen molar-refractivity contribution >= 4 is 24.2 Å². The van der Waals surface area contributed by atoms with Gasteiger partial charge in [0.1, 0.15) is 6.04 Å². The summed E-state index contributed by atoms with van der Waals surface area (Å²) in [6, 6.07) is -0.456. The van der Waals surface area contributed by atoms with Gasteiger partial charge in [0.15, 0.2) is 0 Å². The quantitative estimate of drug-likeness (QED) is 0.771. The molecule has 2 saturated heterocycles. The van der Waals surface area contributed by atoms with Crippen LogP contribution in [0, 0.1) is 11.8 Å². The van der Waals surface area contributed by atoms with Crippen molar-refractivity contribution in [2.45, 2.75) is 39.2 Å². The molecule has 6 nitrogen and oxygen atoms in total. The van der Waals surface area contributed by atoms with Crippen molar-refractivity contribution in [3.8, 4) is 0 Å². The smallest absolute Gasteiger partial charge is 0.245 e. The first kappa shape index (κ1) is 20.2. The highest BCUT2D eigenvalue weighted by Crippen LogP contribution is 2.22. The van der Waals surface area contributed by atoms with E-state index in [4.69, 9.17) is 4.74 Å². The lowest BCUT2D eigenvalue weighted by Gasteiger charge is -2.30. The summed E-state index contributed by atoms with van der Waals surface area (Å²) in [7, 11) is 0. The molecule has 2 rings (SSSR count). The molecule has 0 aromatic heterocycles. The van der Waals surface area contributed by atoms with E-state index in [-0.39, 0.29) is 24.2 Å². The summed E-state index contributed by atoms with van der Waals surface area (Å²) in [6.07, 6.45) is 2.86. The lowest BCUT2D eigenvalue weighted by molar-refractivity contribution is -0.139. The highest BCUT2D eigenvalue weighted by Gasteiger charge is 2.26. The van der Waals surface area contributed by atoms with E-state index in [1.54, 1.807) is 11.8 Å². The Balaban J connectivity index is 0.00000264. The minimum absolute atomic E-state index is 0. The Morgan fingerprint density at radius 1 is 1.30 bits per heavy atom. The van der Waals surface area contributed by atoms with Crippen LogP contribution in [-0.2, 0) is 14.3 Å². The van der Waals surface area contributed by atoms with Gasteiger partial charge in [0.25, 0.3) is 0 Å². The van der Waals surface area contributed by atoms with Crippen LogP contribution in [0.3, 0.4) is 0 Å². The first-order chi connectivity index (χ1) is 10.6. The second-order valence-corrected chi connectivity index (χ2v) is 6.51. The van der Waals surface area contributed by atoms with Crippen LogP contribution < -0.4 is 10.6 Å². The molecule has 0 radical (unpaired) electrons. The van der Waals surface area contributed by atoms with Crippen molar-refractivity contribution in [3.05, 3.63) is 0 Å². The number of hydrogen-bond donors (Lipinski definition) is 2. The number of nitrogens with zero attached hydrogens (tertiary/aromatic N) is 1. The lowest BCUT2D eigenvalue weighted by atomic mass is 9.85. The van der Waals surface area contributed by atoms with Crippen LogP contribution in [0.2, 0.25) is 0 Å². The number of ether oxygens (including phenoxy) is 1. The van der Waals surface area contributed by atoms with Crippen LogP contribution in [-0.4, -0.2) is 62.1 Å². The number of piperidine rings is 1. The summed E-state index contributed by atoms with van der Waals surface area (Å²) in [5, 5.41) is 6.24. The second kappa shape index (κ2) is 10.1. The maximum Gasteiger partial charge on any atom is 0.245 e. The van der Waals surface area contributed by atoms with Crippen LogP contribution >= 0.6 is 12.4 Å². The molecule has 134 valence electrons. The summed E-state index contributed by atoms with van der Waals surface area (Å²) in [4.78, 5) is 26.2. The number of carbonyl (C=O) groups excluding carboxylic acids is 2. The summed E-state index contributed by atoms with van der Waals surface area (Å²) < 4.78 is 5.24. The fourth-order valence-electron chi connectivity index (χ4n) is 3.24. The fourth-order valence-corrected chi connectivity index (χ4v) is 3.24. The topological polar surface area (TPSA) is 70.7 Å². The van der Waals surface area contributed by atoms with Gasteiger partial charge in [-0.05, 0) is 44.7 Å². The lowest BCUT2D eigenvalue weighted by Crippen LogP contribution is -2.50. The normalized spacial score (nSPS) is 24.3. The number of morpholine rings is 1. The second-order valence-electron chi connectivity index (χ2n) is 6.51. The highest BCUT2D eigenvalue weighted by atomic mass is 35.5. The van der Waals surface area contributed by atoms with E-state index in [2.05, 4.69) is 17.6 Å². The van der Waals surface area contributed by atoms with Crippen LogP contribution in [0.25, 0.3) is 0 Å². The largest absolute Gasteiger partial charge is 0.378 e. The Morgan fingerprint density at radius 2 is 2.00 bits per heavy atom. The molecule has 2 aliphatic rings. The van der Waals surface area contributed by atoms with E-state index < -0.39 is 6.04 Å². The zero-order chi connectivity index (χ0) is 15.9. The molecule has 2 fully saturated rings. The molecule has 3 unspecified atom stereocenters. The number of nitrogens with one attached hydrogen (secondary N) is 2. The van der Waals surface area contributed by atoms with Crippen LogP contribution in [0.1, 0.15) is 33.1 Å². The Bertz CT molecular complexity index is 383. The van der Waals surface area contributed by atoms with Gasteiger partial charge in [-0.1, -0.05) is 6.92 Å². The number of carbonyl (C=O) groups is 2. The van der Waals surface area contributed by atoms with Crippen molar-refractivity contribution < 1.29 is 14.3 Å². The zero-order valence-electron chi connectivity index (χ0n) is 14.2. The summed E-state index contributed by atoms with van der Waals surface area (Å²) in [5.41, 5.74) is 0. The molecule has 0 aromatic rings. The van der Waals surface area contributed by atoms with Crippen molar-refractivity contribution in [1.82, 2.24) is 15.5 Å². The van der Waals surface area contributed by atoms with E-state index in [1.807, 2.05) is 0 Å². The summed E-state index contributed by atoms with van der Waals surface area (Å²) in [6.45, 7) is 8.37. The van der Waals surface area contributed by atoms with Gasteiger partial charge in [0, 0.05) is 19.5 Å². The molecule has 0 bridgehead atoms. The SMILES string of the molecule is CC(NC(=O)CC(C)C1CCCNC1)C(=O)N1CCOCC1.Cl. The van der Waals surface area contributed by atoms with Gasteiger partial charge in [-0.2, -0.15) is 0 Å². The van der Waals surface area contributed by atoms with Gasteiger partial charge >= 0.3 is 0 Å². The fraction of sp³-hybridized carbons (Fsp3) is 0.875. The van der Waals surface area contributed by atoms with E-state index in [1.165, 1.54) is 12.8 Å². The third-order valence-corrected chi connectivity index (χ3v) is 4.72. The average Bonchev–Trinajstić information content (AvgIpc) is 2.55. The Kier molecular flexibility index (Phi) is 8.87. The minimum Gasteiger partial charge on any atom is -0.378 e. The predicted molar refractivity (Wildman–Crippen MR) is 91.6 cm³/mol. The molecule has 23 heavy (non-hydrogen) atoms. The van der Waals surface area contributed by atoms with Gasteiger partial charge in [0.2, 0.25) is 11.8 Å². The van der Waals surface area contributed by atoms with E-state index in [9.17, 15) is 9.59 Å². The van der Waals surface area contributed by atoms with Gasteiger partial charge in [0.05, 0.1) is 13.2 Å². The number of halogens is 1. The zero-order valence-corrected chi connectivity index (χ0v) is 15.0. The third kappa shape index (κ3) is 6.28. The van der Waals surface area contributed by atoms with Crippen molar-refractivity contribution in [1.29, 1.82) is 0 Å². The molecule has 3 atom stereocenters. The number of rotatable bonds is 5. The first-order valence-corrected chi connectivity index (χ1v) is 8.44. The highest BCUT2D eigenvalue weighted by molar-refractivity contribution is 5.87. The molecule has 0 saturated carbocycles. The Morgan fingerprint density at radius 3 is 2.61 bits per heavy atom. The molecule has 0 aliphatic carbocycles. The van der Waals surface area contributed by atoms with Crippen molar-refractivity contribution in [2.75, 3.05) is 39.4 Å². The average molecular weight is 348 g/mol. The Hall–Kier alpha value is -0.850. The van der Waals surface area contributed by atoms with E-state index >= 15 is 0 Å². The number of amides is 2. The molecule has 0 spiro atoms. The van der Waals surface area contributed by atoms with Crippen LogP contribution in [0.15, 0.2) is 0 Å². The molecule has 2 N–H and O–H groups in total. The van der Waals surface area contributed by atoms with E-state index in [0.717, 1.165) is 13.1 Å². The minimum atomic E-state index is -0.456. The Labute approximate surface area is 145 Å². The summed E-state index contributed by atoms with van der Waals surface area (Å²) in [5.74, 6) is 0.874.